The van der Waals surface area contributed by atoms with Crippen LogP contribution in [0.15, 0.2) is 0 Å². The van der Waals surface area contributed by atoms with Crippen LogP contribution in [0.3, 0.4) is 0 Å². The standard InChI is InChI=1S/C10H20O4.C4H8S.C2H6.CH3NO2/c1-3-4-5-9(13)14-8-10(2,6-11)7-12;1-2-4-5-3-1;1-2;2-1(3)4/h11-12H,3-8H2,1-2H3;1-4H2;1-2H3;2H2,(H,3,4). The van der Waals surface area contributed by atoms with Crippen molar-refractivity contribution in [1.82, 2.24) is 0 Å². The van der Waals surface area contributed by atoms with Gasteiger partial charge in [-0.3, -0.25) is 4.79 Å². The van der Waals surface area contributed by atoms with E-state index < -0.39 is 11.5 Å². The van der Waals surface area contributed by atoms with Crippen molar-refractivity contribution in [3.05, 3.63) is 0 Å². The van der Waals surface area contributed by atoms with Gasteiger partial charge in [0.15, 0.2) is 0 Å². The third-order valence-corrected chi connectivity index (χ3v) is 4.06. The minimum atomic E-state index is -1.33. The van der Waals surface area contributed by atoms with Gasteiger partial charge in [0.25, 0.3) is 0 Å². The molecule has 7 nitrogen and oxygen atoms in total. The smallest absolute Gasteiger partial charge is 0.402 e. The quantitative estimate of drug-likeness (QED) is 0.497. The number of ether oxygens (including phenoxy) is 1. The maximum atomic E-state index is 11.1. The van der Waals surface area contributed by atoms with E-state index in [0.717, 1.165) is 12.8 Å². The van der Waals surface area contributed by atoms with Gasteiger partial charge in [-0.25, -0.2) is 4.79 Å². The number of aliphatic hydroxyl groups is 2. The van der Waals surface area contributed by atoms with E-state index in [1.165, 1.54) is 24.3 Å². The van der Waals surface area contributed by atoms with E-state index in [1.54, 1.807) is 6.92 Å². The molecule has 0 aromatic heterocycles. The lowest BCUT2D eigenvalue weighted by Crippen LogP contribution is -2.32. The van der Waals surface area contributed by atoms with Crippen LogP contribution in [0.4, 0.5) is 4.79 Å². The number of carboxylic acid groups (broad SMARTS) is 1. The zero-order valence-electron chi connectivity index (χ0n) is 16.1. The number of carbonyl (C=O) groups is 2. The summed E-state index contributed by atoms with van der Waals surface area (Å²) in [6.07, 6.45) is 3.76. The summed E-state index contributed by atoms with van der Waals surface area (Å²) in [7, 11) is 0. The van der Waals surface area contributed by atoms with Gasteiger partial charge >= 0.3 is 12.1 Å². The van der Waals surface area contributed by atoms with Crippen molar-refractivity contribution in [2.45, 2.75) is 59.8 Å². The number of amides is 1. The fraction of sp³-hybridized carbons (Fsp3) is 0.882. The van der Waals surface area contributed by atoms with Gasteiger partial charge in [-0.2, -0.15) is 11.8 Å². The molecule has 1 fully saturated rings. The average Bonchev–Trinajstić information content (AvgIpc) is 3.19. The molecule has 0 atom stereocenters. The molecular formula is C17H37NO6S. The van der Waals surface area contributed by atoms with E-state index in [2.05, 4.69) is 17.5 Å². The van der Waals surface area contributed by atoms with Gasteiger partial charge in [-0.1, -0.05) is 34.1 Å². The number of unbranched alkanes of at least 4 members (excludes halogenated alkanes) is 1. The van der Waals surface area contributed by atoms with Gasteiger partial charge in [0.1, 0.15) is 6.61 Å². The molecule has 0 aromatic rings. The summed E-state index contributed by atoms with van der Waals surface area (Å²) in [5.74, 6) is 2.57. The van der Waals surface area contributed by atoms with Crippen molar-refractivity contribution in [3.8, 4) is 0 Å². The first-order valence-corrected chi connectivity index (χ1v) is 9.90. The summed E-state index contributed by atoms with van der Waals surface area (Å²) in [5, 5.41) is 25.0. The molecular weight excluding hydrogens is 346 g/mol. The molecule has 1 rings (SSSR count). The maximum absolute atomic E-state index is 11.1. The molecule has 1 heterocycles. The second-order valence-corrected chi connectivity index (χ2v) is 6.77. The van der Waals surface area contributed by atoms with E-state index in [4.69, 9.17) is 24.9 Å². The highest BCUT2D eigenvalue weighted by Crippen LogP contribution is 2.15. The Kier molecular flexibility index (Phi) is 24.3. The molecule has 1 saturated heterocycles. The van der Waals surface area contributed by atoms with Gasteiger partial charge in [-0.15, -0.1) is 0 Å². The van der Waals surface area contributed by atoms with Crippen LogP contribution >= 0.6 is 11.8 Å². The lowest BCUT2D eigenvalue weighted by molar-refractivity contribution is -0.149. The SMILES string of the molecule is C1CCSC1.CC.CCCCC(=O)OCC(C)(CO)CO.NC(=O)O. The molecule has 25 heavy (non-hydrogen) atoms. The largest absolute Gasteiger partial charge is 0.465 e. The third kappa shape index (κ3) is 25.4. The molecule has 0 aliphatic carbocycles. The summed E-state index contributed by atoms with van der Waals surface area (Å²) in [6.45, 7) is 7.36. The predicted octanol–water partition coefficient (Wildman–Crippen LogP) is 2.87. The monoisotopic (exact) mass is 383 g/mol. The minimum Gasteiger partial charge on any atom is -0.465 e. The fourth-order valence-electron chi connectivity index (χ4n) is 1.30. The predicted molar refractivity (Wildman–Crippen MR) is 103 cm³/mol. The average molecular weight is 384 g/mol. The lowest BCUT2D eigenvalue weighted by Gasteiger charge is -2.23. The second-order valence-electron chi connectivity index (χ2n) is 5.55. The Morgan fingerprint density at radius 3 is 1.88 bits per heavy atom. The first-order chi connectivity index (χ1) is 11.8. The molecule has 0 saturated carbocycles. The summed E-state index contributed by atoms with van der Waals surface area (Å²) in [6, 6.07) is 0. The Labute approximate surface area is 156 Å². The van der Waals surface area contributed by atoms with E-state index in [0.29, 0.717) is 6.42 Å². The number of esters is 1. The fourth-order valence-corrected chi connectivity index (χ4v) is 2.32. The molecule has 0 radical (unpaired) electrons. The number of rotatable bonds is 7. The highest BCUT2D eigenvalue weighted by atomic mass is 32.2. The molecule has 1 aliphatic rings. The number of hydrogen-bond donors (Lipinski definition) is 4. The van der Waals surface area contributed by atoms with E-state index >= 15 is 0 Å². The van der Waals surface area contributed by atoms with E-state index in [-0.39, 0.29) is 25.8 Å². The Morgan fingerprint density at radius 1 is 1.16 bits per heavy atom. The molecule has 1 aliphatic heterocycles. The van der Waals surface area contributed by atoms with Crippen LogP contribution < -0.4 is 5.73 Å². The zero-order valence-corrected chi connectivity index (χ0v) is 16.9. The van der Waals surface area contributed by atoms with Crippen LogP contribution in [0.2, 0.25) is 0 Å². The first kappa shape index (κ1) is 28.8. The number of thioether (sulfide) groups is 1. The second kappa shape index (κ2) is 21.1. The van der Waals surface area contributed by atoms with Crippen molar-refractivity contribution < 1.29 is 29.6 Å². The number of primary amides is 1. The van der Waals surface area contributed by atoms with Crippen molar-refractivity contribution in [2.24, 2.45) is 11.1 Å². The Morgan fingerprint density at radius 2 is 1.60 bits per heavy atom. The minimum absolute atomic E-state index is 0.0720. The Bertz CT molecular complexity index is 296. The summed E-state index contributed by atoms with van der Waals surface area (Å²) >= 11 is 2.07. The number of aliphatic hydroxyl groups excluding tert-OH is 2. The van der Waals surface area contributed by atoms with Crippen LogP contribution in [-0.4, -0.2) is 58.7 Å². The van der Waals surface area contributed by atoms with Crippen LogP contribution in [0.1, 0.15) is 59.8 Å². The third-order valence-electron chi connectivity index (χ3n) is 2.91. The number of nitrogens with two attached hydrogens (primary N) is 1. The van der Waals surface area contributed by atoms with Gasteiger partial charge in [0.05, 0.1) is 13.2 Å². The Hall–Kier alpha value is -0.990. The summed E-state index contributed by atoms with van der Waals surface area (Å²) < 4.78 is 4.93. The van der Waals surface area contributed by atoms with Gasteiger partial charge in [0, 0.05) is 11.8 Å². The van der Waals surface area contributed by atoms with Crippen molar-refractivity contribution in [2.75, 3.05) is 31.3 Å². The van der Waals surface area contributed by atoms with Crippen LogP contribution in [0, 0.1) is 5.41 Å². The molecule has 5 N–H and O–H groups in total. The van der Waals surface area contributed by atoms with E-state index in [9.17, 15) is 4.79 Å². The maximum Gasteiger partial charge on any atom is 0.402 e. The molecule has 0 spiro atoms. The molecule has 0 bridgehead atoms. The summed E-state index contributed by atoms with van der Waals surface area (Å²) in [5.41, 5.74) is 3.31. The molecule has 8 heteroatoms. The molecule has 152 valence electrons. The van der Waals surface area contributed by atoms with Gasteiger partial charge < -0.3 is 25.8 Å². The zero-order chi connectivity index (χ0) is 20.1. The highest BCUT2D eigenvalue weighted by Gasteiger charge is 2.24. The lowest BCUT2D eigenvalue weighted by atomic mass is 9.94. The topological polar surface area (TPSA) is 130 Å². The number of carbonyl (C=O) groups excluding carboxylic acids is 1. The summed E-state index contributed by atoms with van der Waals surface area (Å²) in [4.78, 5) is 19.9. The molecule has 0 unspecified atom stereocenters. The molecule has 0 aromatic carbocycles. The normalized spacial score (nSPS) is 12.4. The van der Waals surface area contributed by atoms with Gasteiger partial charge in [-0.05, 0) is 30.8 Å². The highest BCUT2D eigenvalue weighted by molar-refractivity contribution is 7.99. The number of hydrogen-bond acceptors (Lipinski definition) is 6. The van der Waals surface area contributed by atoms with Crippen molar-refractivity contribution in [3.63, 3.8) is 0 Å². The van der Waals surface area contributed by atoms with Crippen molar-refractivity contribution >= 4 is 23.8 Å². The van der Waals surface area contributed by atoms with Crippen LogP contribution in [0.5, 0.6) is 0 Å². The van der Waals surface area contributed by atoms with Crippen molar-refractivity contribution in [1.29, 1.82) is 0 Å². The van der Waals surface area contributed by atoms with Crippen LogP contribution in [0.25, 0.3) is 0 Å². The molecule has 1 amide bonds. The first-order valence-electron chi connectivity index (χ1n) is 8.74. The Balaban J connectivity index is -0.000000356. The van der Waals surface area contributed by atoms with E-state index in [1.807, 2.05) is 20.8 Å². The van der Waals surface area contributed by atoms with Gasteiger partial charge in [0.2, 0.25) is 0 Å². The van der Waals surface area contributed by atoms with Crippen LogP contribution in [-0.2, 0) is 9.53 Å².